The normalized spacial score (nSPS) is 18.5. The average Bonchev–Trinajstić information content (AvgIpc) is 2.74. The predicted molar refractivity (Wildman–Crippen MR) is 51.5 cm³/mol. The summed E-state index contributed by atoms with van der Waals surface area (Å²) in [5.41, 5.74) is 0.862. The first-order chi connectivity index (χ1) is 6.92. The van der Waals surface area contributed by atoms with Crippen molar-refractivity contribution in [1.82, 2.24) is 20.7 Å². The molecule has 0 radical (unpaired) electrons. The summed E-state index contributed by atoms with van der Waals surface area (Å²) in [7, 11) is 1.89. The third kappa shape index (κ3) is 1.77. The lowest BCUT2D eigenvalue weighted by molar-refractivity contribution is 0.169. The van der Waals surface area contributed by atoms with Gasteiger partial charge in [0.25, 0.3) is 0 Å². The van der Waals surface area contributed by atoms with Crippen LogP contribution in [0.25, 0.3) is 0 Å². The number of aromatic amines is 1. The Labute approximate surface area is 82.5 Å². The molecular formula is C9H14N4O. The molecule has 5 nitrogen and oxygen atoms in total. The Balaban J connectivity index is 2.16. The monoisotopic (exact) mass is 194 g/mol. The molecule has 0 saturated carbocycles. The number of hydrogen-bond donors (Lipinski definition) is 2. The second-order valence-electron chi connectivity index (χ2n) is 3.21. The van der Waals surface area contributed by atoms with E-state index in [0.717, 1.165) is 30.9 Å². The van der Waals surface area contributed by atoms with Gasteiger partial charge in [-0.2, -0.15) is 15.4 Å². The van der Waals surface area contributed by atoms with Crippen molar-refractivity contribution in [3.63, 3.8) is 0 Å². The molecule has 0 saturated heterocycles. The minimum Gasteiger partial charge on any atom is -0.496 e. The SMILES string of the molecule is CNC(C1=CCCCO1)c1cn[nH]n1. The Morgan fingerprint density at radius 3 is 3.14 bits per heavy atom. The molecule has 0 spiro atoms. The molecule has 2 rings (SSSR count). The van der Waals surface area contributed by atoms with Crippen LogP contribution in [-0.2, 0) is 4.74 Å². The molecule has 1 atom stereocenters. The van der Waals surface area contributed by atoms with Crippen molar-refractivity contribution >= 4 is 0 Å². The Morgan fingerprint density at radius 2 is 2.57 bits per heavy atom. The number of likely N-dealkylation sites (N-methyl/N-ethyl adjacent to an activating group) is 1. The van der Waals surface area contributed by atoms with Crippen LogP contribution in [0.3, 0.4) is 0 Å². The van der Waals surface area contributed by atoms with Crippen LogP contribution < -0.4 is 5.32 Å². The lowest BCUT2D eigenvalue weighted by atomic mass is 10.1. The third-order valence-electron chi connectivity index (χ3n) is 2.27. The predicted octanol–water partition coefficient (Wildman–Crippen LogP) is 0.759. The maximum absolute atomic E-state index is 5.57. The van der Waals surface area contributed by atoms with Gasteiger partial charge in [0.1, 0.15) is 17.5 Å². The van der Waals surface area contributed by atoms with E-state index in [-0.39, 0.29) is 6.04 Å². The second-order valence-corrected chi connectivity index (χ2v) is 3.21. The summed E-state index contributed by atoms with van der Waals surface area (Å²) in [5.74, 6) is 0.952. The second kappa shape index (κ2) is 4.23. The van der Waals surface area contributed by atoms with Crippen LogP contribution in [0.15, 0.2) is 18.0 Å². The van der Waals surface area contributed by atoms with Crippen LogP contribution >= 0.6 is 0 Å². The molecule has 14 heavy (non-hydrogen) atoms. The van der Waals surface area contributed by atoms with Crippen molar-refractivity contribution in [3.05, 3.63) is 23.7 Å². The zero-order valence-corrected chi connectivity index (χ0v) is 8.16. The highest BCUT2D eigenvalue weighted by atomic mass is 16.5. The average molecular weight is 194 g/mol. The minimum absolute atomic E-state index is 0.0223. The topological polar surface area (TPSA) is 62.8 Å². The van der Waals surface area contributed by atoms with Gasteiger partial charge in [0, 0.05) is 0 Å². The van der Waals surface area contributed by atoms with Gasteiger partial charge in [-0.15, -0.1) is 0 Å². The third-order valence-corrected chi connectivity index (χ3v) is 2.27. The van der Waals surface area contributed by atoms with E-state index in [1.807, 2.05) is 7.05 Å². The zero-order valence-electron chi connectivity index (χ0n) is 8.16. The molecule has 0 aromatic carbocycles. The highest BCUT2D eigenvalue weighted by molar-refractivity contribution is 5.15. The van der Waals surface area contributed by atoms with Gasteiger partial charge in [0.15, 0.2) is 0 Å². The number of hydrogen-bond acceptors (Lipinski definition) is 4. The van der Waals surface area contributed by atoms with Crippen LogP contribution in [0, 0.1) is 0 Å². The fourth-order valence-electron chi connectivity index (χ4n) is 1.56. The molecule has 0 bridgehead atoms. The molecule has 1 aliphatic rings. The van der Waals surface area contributed by atoms with Crippen LogP contribution in [0.4, 0.5) is 0 Å². The number of allylic oxidation sites excluding steroid dienone is 1. The quantitative estimate of drug-likeness (QED) is 0.745. The summed E-state index contributed by atoms with van der Waals surface area (Å²) >= 11 is 0. The molecule has 76 valence electrons. The first-order valence-corrected chi connectivity index (χ1v) is 4.77. The van der Waals surface area contributed by atoms with Crippen molar-refractivity contribution < 1.29 is 4.74 Å². The van der Waals surface area contributed by atoms with Gasteiger partial charge >= 0.3 is 0 Å². The van der Waals surface area contributed by atoms with Crippen LogP contribution in [-0.4, -0.2) is 29.1 Å². The Kier molecular flexibility index (Phi) is 2.78. The highest BCUT2D eigenvalue weighted by Crippen LogP contribution is 2.23. The molecule has 1 aliphatic heterocycles. The number of nitrogens with one attached hydrogen (secondary N) is 2. The van der Waals surface area contributed by atoms with Crippen LogP contribution in [0.2, 0.25) is 0 Å². The van der Waals surface area contributed by atoms with E-state index < -0.39 is 0 Å². The van der Waals surface area contributed by atoms with Gasteiger partial charge < -0.3 is 10.1 Å². The van der Waals surface area contributed by atoms with Gasteiger partial charge in [-0.3, -0.25) is 0 Å². The van der Waals surface area contributed by atoms with Gasteiger partial charge in [-0.05, 0) is 26.0 Å². The van der Waals surface area contributed by atoms with E-state index in [0.29, 0.717) is 0 Å². The molecule has 2 N–H and O–H groups in total. The van der Waals surface area contributed by atoms with E-state index in [2.05, 4.69) is 26.8 Å². The van der Waals surface area contributed by atoms with Gasteiger partial charge in [0.2, 0.25) is 0 Å². The number of rotatable bonds is 3. The first-order valence-electron chi connectivity index (χ1n) is 4.77. The highest BCUT2D eigenvalue weighted by Gasteiger charge is 2.20. The standard InChI is InChI=1S/C9H14N4O/c1-10-9(7-6-11-13-12-7)8-4-2-3-5-14-8/h4,6,9-10H,2-3,5H2,1H3,(H,11,12,13). The molecule has 5 heteroatoms. The summed E-state index contributed by atoms with van der Waals surface area (Å²) < 4.78 is 5.57. The number of aromatic nitrogens is 3. The van der Waals surface area contributed by atoms with Crippen molar-refractivity contribution in [1.29, 1.82) is 0 Å². The summed E-state index contributed by atoms with van der Waals surface area (Å²) in [4.78, 5) is 0. The Morgan fingerprint density at radius 1 is 1.64 bits per heavy atom. The maximum Gasteiger partial charge on any atom is 0.115 e. The van der Waals surface area contributed by atoms with Crippen LogP contribution in [0.5, 0.6) is 0 Å². The fourth-order valence-corrected chi connectivity index (χ4v) is 1.56. The molecule has 1 unspecified atom stereocenters. The first kappa shape index (κ1) is 9.21. The van der Waals surface area contributed by atoms with E-state index in [1.165, 1.54) is 0 Å². The van der Waals surface area contributed by atoms with E-state index in [9.17, 15) is 0 Å². The minimum atomic E-state index is 0.0223. The maximum atomic E-state index is 5.57. The fraction of sp³-hybridized carbons (Fsp3) is 0.556. The van der Waals surface area contributed by atoms with E-state index in [4.69, 9.17) is 4.74 Å². The lowest BCUT2D eigenvalue weighted by Gasteiger charge is -2.21. The summed E-state index contributed by atoms with van der Waals surface area (Å²) in [6, 6.07) is 0.0223. The molecular weight excluding hydrogens is 180 g/mol. The molecule has 0 fully saturated rings. The van der Waals surface area contributed by atoms with Crippen molar-refractivity contribution in [2.24, 2.45) is 0 Å². The van der Waals surface area contributed by atoms with Crippen molar-refractivity contribution in [2.45, 2.75) is 18.9 Å². The van der Waals surface area contributed by atoms with Gasteiger partial charge in [-0.25, -0.2) is 0 Å². The molecule has 1 aromatic rings. The zero-order chi connectivity index (χ0) is 9.80. The van der Waals surface area contributed by atoms with Crippen molar-refractivity contribution in [2.75, 3.05) is 13.7 Å². The Hall–Kier alpha value is -1.36. The Bertz CT molecular complexity index is 307. The summed E-state index contributed by atoms with van der Waals surface area (Å²) in [5, 5.41) is 13.6. The smallest absolute Gasteiger partial charge is 0.115 e. The molecule has 1 aromatic heterocycles. The van der Waals surface area contributed by atoms with E-state index in [1.54, 1.807) is 6.20 Å². The number of ether oxygens (including phenoxy) is 1. The van der Waals surface area contributed by atoms with Crippen LogP contribution in [0.1, 0.15) is 24.6 Å². The molecule has 0 amide bonds. The van der Waals surface area contributed by atoms with Gasteiger partial charge in [0.05, 0.1) is 12.8 Å². The van der Waals surface area contributed by atoms with Gasteiger partial charge in [-0.1, -0.05) is 0 Å². The summed E-state index contributed by atoms with van der Waals surface area (Å²) in [6.45, 7) is 0.794. The number of H-pyrrole nitrogens is 1. The number of nitrogens with zero attached hydrogens (tertiary/aromatic N) is 2. The molecule has 2 heterocycles. The summed E-state index contributed by atoms with van der Waals surface area (Å²) in [6.07, 6.45) is 5.99. The van der Waals surface area contributed by atoms with E-state index >= 15 is 0 Å². The molecule has 0 aliphatic carbocycles. The van der Waals surface area contributed by atoms with Crippen molar-refractivity contribution in [3.8, 4) is 0 Å². The largest absolute Gasteiger partial charge is 0.496 e. The lowest BCUT2D eigenvalue weighted by Crippen LogP contribution is -2.22.